The van der Waals surface area contributed by atoms with Gasteiger partial charge in [0.1, 0.15) is 0 Å². The molecule has 0 aliphatic heterocycles. The van der Waals surface area contributed by atoms with E-state index in [1.165, 1.54) is 29.8 Å². The summed E-state index contributed by atoms with van der Waals surface area (Å²) in [6, 6.07) is 15.6. The molecule has 0 heterocycles. The number of nitrogens with one attached hydrogen (secondary N) is 1. The number of nitro groups is 1. The average molecular weight is 321 g/mol. The second-order valence-corrected chi connectivity index (χ2v) is 4.64. The van der Waals surface area contributed by atoms with Gasteiger partial charge in [0.2, 0.25) is 0 Å². The van der Waals surface area contributed by atoms with Crippen molar-refractivity contribution in [2.45, 2.75) is 13.0 Å². The molecule has 1 N–H and O–H groups in total. The lowest BCUT2D eigenvalue weighted by Gasteiger charge is -2.04. The van der Waals surface area contributed by atoms with Gasteiger partial charge in [-0.1, -0.05) is 30.3 Å². The van der Waals surface area contributed by atoms with E-state index in [2.05, 4.69) is 5.32 Å². The van der Waals surface area contributed by atoms with E-state index in [9.17, 15) is 14.9 Å². The first-order chi connectivity index (χ1) is 10.2. The van der Waals surface area contributed by atoms with Gasteiger partial charge in [-0.25, -0.2) is 0 Å². The van der Waals surface area contributed by atoms with Gasteiger partial charge in [0.15, 0.2) is 5.78 Å². The molecule has 0 aliphatic carbocycles. The van der Waals surface area contributed by atoms with Gasteiger partial charge in [0, 0.05) is 37.2 Å². The largest absolute Gasteiger partial charge is 0.312 e. The Morgan fingerprint density at radius 3 is 2.27 bits per heavy atom. The van der Waals surface area contributed by atoms with Crippen LogP contribution in [0.25, 0.3) is 0 Å². The minimum Gasteiger partial charge on any atom is -0.312 e. The standard InChI is InChI=1S/C16H16N2O3.ClH/c19-16(14-6-8-15(9-7-14)18(20)21)10-11-17-12-13-4-2-1-3-5-13;/h1-9,17H,10-12H2;1H. The van der Waals surface area contributed by atoms with Crippen LogP contribution in [-0.4, -0.2) is 17.3 Å². The van der Waals surface area contributed by atoms with Gasteiger partial charge < -0.3 is 5.32 Å². The molecule has 2 rings (SSSR count). The molecule has 22 heavy (non-hydrogen) atoms. The number of carbonyl (C=O) groups excluding carboxylic acids is 1. The molecule has 6 heteroatoms. The van der Waals surface area contributed by atoms with E-state index in [0.29, 0.717) is 25.1 Å². The maximum Gasteiger partial charge on any atom is 0.269 e. The molecule has 116 valence electrons. The van der Waals surface area contributed by atoms with Crippen molar-refractivity contribution in [3.05, 3.63) is 75.8 Å². The number of Topliss-reactive ketones (excluding diaryl/α,β-unsaturated/α-hetero) is 1. The van der Waals surface area contributed by atoms with Crippen LogP contribution in [-0.2, 0) is 6.54 Å². The van der Waals surface area contributed by atoms with Crippen molar-refractivity contribution >= 4 is 23.9 Å². The minimum absolute atomic E-state index is 0. The van der Waals surface area contributed by atoms with Gasteiger partial charge in [0.05, 0.1) is 4.92 Å². The van der Waals surface area contributed by atoms with Gasteiger partial charge >= 0.3 is 0 Å². The highest BCUT2D eigenvalue weighted by Gasteiger charge is 2.09. The predicted octanol–water partition coefficient (Wildman–Crippen LogP) is 3.38. The Bertz CT molecular complexity index is 615. The van der Waals surface area contributed by atoms with Gasteiger partial charge in [0.25, 0.3) is 5.69 Å². The Hall–Kier alpha value is -2.24. The summed E-state index contributed by atoms with van der Waals surface area (Å²) in [6.07, 6.45) is 0.366. The second-order valence-electron chi connectivity index (χ2n) is 4.64. The summed E-state index contributed by atoms with van der Waals surface area (Å²) in [6.45, 7) is 1.29. The van der Waals surface area contributed by atoms with E-state index in [4.69, 9.17) is 0 Å². The van der Waals surface area contributed by atoms with Crippen LogP contribution < -0.4 is 5.32 Å². The molecule has 0 bridgehead atoms. The van der Waals surface area contributed by atoms with E-state index < -0.39 is 4.92 Å². The van der Waals surface area contributed by atoms with Crippen molar-refractivity contribution in [3.8, 4) is 0 Å². The fraction of sp³-hybridized carbons (Fsp3) is 0.188. The highest BCUT2D eigenvalue weighted by atomic mass is 35.5. The van der Waals surface area contributed by atoms with E-state index in [-0.39, 0.29) is 23.9 Å². The summed E-state index contributed by atoms with van der Waals surface area (Å²) in [5.74, 6) is -0.0227. The SMILES string of the molecule is Cl.O=C(CCNCc1ccccc1)c1ccc([N+](=O)[O-])cc1. The maximum atomic E-state index is 11.9. The van der Waals surface area contributed by atoms with Crippen LogP contribution in [0, 0.1) is 10.1 Å². The Kier molecular flexibility index (Phi) is 7.22. The molecule has 0 amide bonds. The summed E-state index contributed by atoms with van der Waals surface area (Å²) in [5.41, 5.74) is 1.66. The number of benzene rings is 2. The van der Waals surface area contributed by atoms with Crippen LogP contribution in [0.3, 0.4) is 0 Å². The topological polar surface area (TPSA) is 72.2 Å². The van der Waals surface area contributed by atoms with Crippen LogP contribution in [0.4, 0.5) is 5.69 Å². The Labute approximate surface area is 134 Å². The first-order valence-electron chi connectivity index (χ1n) is 6.69. The molecular formula is C16H17ClN2O3. The number of nitro benzene ring substituents is 1. The number of non-ortho nitro benzene ring substituents is 1. The molecular weight excluding hydrogens is 304 g/mol. The van der Waals surface area contributed by atoms with Gasteiger partial charge in [-0.05, 0) is 17.7 Å². The Balaban J connectivity index is 0.00000242. The molecule has 0 fully saturated rings. The molecule has 2 aromatic rings. The number of ketones is 1. The van der Waals surface area contributed by atoms with Crippen LogP contribution in [0.2, 0.25) is 0 Å². The zero-order valence-corrected chi connectivity index (χ0v) is 12.7. The fourth-order valence-electron chi connectivity index (χ4n) is 1.94. The van der Waals surface area contributed by atoms with Crippen LogP contribution in [0.1, 0.15) is 22.3 Å². The molecule has 0 spiro atoms. The van der Waals surface area contributed by atoms with Crippen molar-refractivity contribution in [1.29, 1.82) is 0 Å². The third-order valence-corrected chi connectivity index (χ3v) is 3.10. The normalized spacial score (nSPS) is 9.82. The molecule has 0 saturated carbocycles. The summed E-state index contributed by atoms with van der Waals surface area (Å²) in [4.78, 5) is 22.0. The van der Waals surface area contributed by atoms with E-state index in [1.807, 2.05) is 30.3 Å². The molecule has 2 aromatic carbocycles. The van der Waals surface area contributed by atoms with Crippen molar-refractivity contribution in [2.24, 2.45) is 0 Å². The summed E-state index contributed by atoms with van der Waals surface area (Å²) < 4.78 is 0. The Morgan fingerprint density at radius 2 is 1.68 bits per heavy atom. The number of carbonyl (C=O) groups is 1. The predicted molar refractivity (Wildman–Crippen MR) is 87.4 cm³/mol. The fourth-order valence-corrected chi connectivity index (χ4v) is 1.94. The van der Waals surface area contributed by atoms with E-state index >= 15 is 0 Å². The monoisotopic (exact) mass is 320 g/mol. The van der Waals surface area contributed by atoms with Crippen LogP contribution >= 0.6 is 12.4 Å². The lowest BCUT2D eigenvalue weighted by molar-refractivity contribution is -0.384. The summed E-state index contributed by atoms with van der Waals surface area (Å²) in [5, 5.41) is 13.7. The van der Waals surface area contributed by atoms with Crippen LogP contribution in [0.15, 0.2) is 54.6 Å². The molecule has 0 atom stereocenters. The number of rotatable bonds is 7. The van der Waals surface area contributed by atoms with Gasteiger partial charge in [-0.15, -0.1) is 12.4 Å². The average Bonchev–Trinajstić information content (AvgIpc) is 2.52. The highest BCUT2D eigenvalue weighted by Crippen LogP contribution is 2.13. The van der Waals surface area contributed by atoms with Gasteiger partial charge in [-0.2, -0.15) is 0 Å². The molecule has 5 nitrogen and oxygen atoms in total. The third kappa shape index (κ3) is 5.27. The zero-order valence-electron chi connectivity index (χ0n) is 11.9. The van der Waals surface area contributed by atoms with E-state index in [1.54, 1.807) is 0 Å². The number of hydrogen-bond donors (Lipinski definition) is 1. The van der Waals surface area contributed by atoms with Crippen molar-refractivity contribution in [3.63, 3.8) is 0 Å². The number of hydrogen-bond acceptors (Lipinski definition) is 4. The Morgan fingerprint density at radius 1 is 1.05 bits per heavy atom. The molecule has 0 aliphatic rings. The lowest BCUT2D eigenvalue weighted by Crippen LogP contribution is -2.17. The van der Waals surface area contributed by atoms with Crippen molar-refractivity contribution in [1.82, 2.24) is 5.32 Å². The van der Waals surface area contributed by atoms with Gasteiger partial charge in [-0.3, -0.25) is 14.9 Å². The first-order valence-corrected chi connectivity index (χ1v) is 6.69. The molecule has 0 unspecified atom stereocenters. The summed E-state index contributed by atoms with van der Waals surface area (Å²) in [7, 11) is 0. The highest BCUT2D eigenvalue weighted by molar-refractivity contribution is 5.96. The smallest absolute Gasteiger partial charge is 0.269 e. The van der Waals surface area contributed by atoms with Crippen molar-refractivity contribution in [2.75, 3.05) is 6.54 Å². The van der Waals surface area contributed by atoms with E-state index in [0.717, 1.165) is 0 Å². The zero-order chi connectivity index (χ0) is 15.1. The number of halogens is 1. The molecule has 0 aromatic heterocycles. The quantitative estimate of drug-likeness (QED) is 0.367. The van der Waals surface area contributed by atoms with Crippen LogP contribution in [0.5, 0.6) is 0 Å². The second kappa shape index (κ2) is 8.92. The molecule has 0 saturated heterocycles. The first kappa shape index (κ1) is 17.8. The number of nitrogens with zero attached hydrogens (tertiary/aromatic N) is 1. The minimum atomic E-state index is -0.477. The molecule has 0 radical (unpaired) electrons. The maximum absolute atomic E-state index is 11.9. The summed E-state index contributed by atoms with van der Waals surface area (Å²) >= 11 is 0. The van der Waals surface area contributed by atoms with Crippen molar-refractivity contribution < 1.29 is 9.72 Å². The lowest BCUT2D eigenvalue weighted by atomic mass is 10.1. The third-order valence-electron chi connectivity index (χ3n) is 3.10.